The van der Waals surface area contributed by atoms with Gasteiger partial charge in [-0.25, -0.2) is 4.39 Å². The maximum Gasteiger partial charge on any atom is 0.219 e. The summed E-state index contributed by atoms with van der Waals surface area (Å²) in [6.45, 7) is 2.67. The van der Waals surface area contributed by atoms with Gasteiger partial charge in [0.1, 0.15) is 11.6 Å². The van der Waals surface area contributed by atoms with Gasteiger partial charge in [-0.2, -0.15) is 0 Å². The van der Waals surface area contributed by atoms with E-state index in [4.69, 9.17) is 4.42 Å². The molecule has 3 nitrogen and oxygen atoms in total. The van der Waals surface area contributed by atoms with Crippen molar-refractivity contribution >= 4 is 5.91 Å². The number of carbonyl (C=O) groups is 1. The predicted molar refractivity (Wildman–Crippen MR) is 104 cm³/mol. The van der Waals surface area contributed by atoms with Gasteiger partial charge in [0, 0.05) is 25.9 Å². The largest absolute Gasteiger partial charge is 0.469 e. The fraction of sp³-hybridized carbons (Fsp3) is 0.261. The first-order valence-electron chi connectivity index (χ1n) is 9.19. The zero-order valence-corrected chi connectivity index (χ0v) is 15.5. The molecular weight excluding hydrogens is 341 g/mol. The van der Waals surface area contributed by atoms with Gasteiger partial charge in [-0.1, -0.05) is 42.5 Å². The van der Waals surface area contributed by atoms with Gasteiger partial charge in [-0.05, 0) is 48.2 Å². The number of rotatable bonds is 8. The molecule has 0 saturated heterocycles. The standard InChI is InChI=1S/C23H24FNO2/c1-18(26)25(17-20-9-11-22(24)12-10-20)14-13-21(23-8-5-15-27-23)16-19-6-3-2-4-7-19/h2-12,15,21H,13-14,16-17H2,1H3. The third kappa shape index (κ3) is 5.55. The van der Waals surface area contributed by atoms with Gasteiger partial charge in [0.05, 0.1) is 6.26 Å². The normalized spacial score (nSPS) is 11.9. The van der Waals surface area contributed by atoms with E-state index >= 15 is 0 Å². The van der Waals surface area contributed by atoms with Crippen molar-refractivity contribution in [2.75, 3.05) is 6.54 Å². The van der Waals surface area contributed by atoms with Crippen LogP contribution in [0.25, 0.3) is 0 Å². The summed E-state index contributed by atoms with van der Waals surface area (Å²) in [6.07, 6.45) is 3.34. The van der Waals surface area contributed by atoms with E-state index in [0.717, 1.165) is 24.2 Å². The molecule has 0 spiro atoms. The van der Waals surface area contributed by atoms with Gasteiger partial charge in [-0.15, -0.1) is 0 Å². The number of carbonyl (C=O) groups excluding carboxylic acids is 1. The highest BCUT2D eigenvalue weighted by Crippen LogP contribution is 2.25. The Labute approximate surface area is 159 Å². The summed E-state index contributed by atoms with van der Waals surface area (Å²) >= 11 is 0. The van der Waals surface area contributed by atoms with E-state index < -0.39 is 0 Å². The van der Waals surface area contributed by atoms with Gasteiger partial charge in [0.25, 0.3) is 0 Å². The first kappa shape index (κ1) is 18.9. The smallest absolute Gasteiger partial charge is 0.219 e. The molecule has 4 heteroatoms. The van der Waals surface area contributed by atoms with Crippen LogP contribution in [0.1, 0.15) is 36.1 Å². The Morgan fingerprint density at radius 1 is 1.00 bits per heavy atom. The zero-order valence-electron chi connectivity index (χ0n) is 15.5. The number of amides is 1. The molecule has 1 amide bonds. The molecule has 0 bridgehead atoms. The SMILES string of the molecule is CC(=O)N(CCC(Cc1ccccc1)c1ccco1)Cc1ccc(F)cc1. The number of halogens is 1. The fourth-order valence-electron chi connectivity index (χ4n) is 3.24. The lowest BCUT2D eigenvalue weighted by Gasteiger charge is -2.24. The molecule has 0 N–H and O–H groups in total. The molecular formula is C23H24FNO2. The quantitative estimate of drug-likeness (QED) is 0.551. The monoisotopic (exact) mass is 365 g/mol. The van der Waals surface area contributed by atoms with Crippen LogP contribution in [0.2, 0.25) is 0 Å². The molecule has 2 aromatic carbocycles. The topological polar surface area (TPSA) is 33.5 Å². The average molecular weight is 365 g/mol. The number of nitrogens with zero attached hydrogens (tertiary/aromatic N) is 1. The minimum Gasteiger partial charge on any atom is -0.469 e. The van der Waals surface area contributed by atoms with Crippen molar-refractivity contribution in [1.29, 1.82) is 0 Å². The van der Waals surface area contributed by atoms with Crippen LogP contribution in [0.4, 0.5) is 4.39 Å². The van der Waals surface area contributed by atoms with Crippen molar-refractivity contribution in [1.82, 2.24) is 4.90 Å². The molecule has 0 aliphatic carbocycles. The highest BCUT2D eigenvalue weighted by molar-refractivity contribution is 5.73. The number of furan rings is 1. The summed E-state index contributed by atoms with van der Waals surface area (Å²) in [6, 6.07) is 20.5. The number of hydrogen-bond donors (Lipinski definition) is 0. The molecule has 0 saturated carbocycles. The summed E-state index contributed by atoms with van der Waals surface area (Å²) in [5, 5.41) is 0. The van der Waals surface area contributed by atoms with E-state index in [1.165, 1.54) is 17.7 Å². The van der Waals surface area contributed by atoms with Crippen LogP contribution >= 0.6 is 0 Å². The second-order valence-corrected chi connectivity index (χ2v) is 6.76. The van der Waals surface area contributed by atoms with Crippen LogP contribution in [0.15, 0.2) is 77.4 Å². The van der Waals surface area contributed by atoms with Gasteiger partial charge in [0.15, 0.2) is 0 Å². The second kappa shape index (κ2) is 9.17. The Bertz CT molecular complexity index is 829. The minimum absolute atomic E-state index is 0.0113. The van der Waals surface area contributed by atoms with E-state index in [1.54, 1.807) is 30.2 Å². The van der Waals surface area contributed by atoms with Crippen molar-refractivity contribution in [3.63, 3.8) is 0 Å². The molecule has 0 aliphatic heterocycles. The third-order valence-corrected chi connectivity index (χ3v) is 4.75. The van der Waals surface area contributed by atoms with Crippen LogP contribution in [0.5, 0.6) is 0 Å². The summed E-state index contributed by atoms with van der Waals surface area (Å²) in [5.74, 6) is 0.868. The van der Waals surface area contributed by atoms with Gasteiger partial charge < -0.3 is 9.32 Å². The molecule has 1 atom stereocenters. The fourth-order valence-corrected chi connectivity index (χ4v) is 3.24. The lowest BCUT2D eigenvalue weighted by molar-refractivity contribution is -0.129. The Morgan fingerprint density at radius 3 is 2.37 bits per heavy atom. The van der Waals surface area contributed by atoms with E-state index in [0.29, 0.717) is 13.1 Å². The van der Waals surface area contributed by atoms with Gasteiger partial charge in [0.2, 0.25) is 5.91 Å². The molecule has 1 unspecified atom stereocenters. The van der Waals surface area contributed by atoms with Crippen LogP contribution in [0.3, 0.4) is 0 Å². The highest BCUT2D eigenvalue weighted by Gasteiger charge is 2.18. The number of benzene rings is 2. The van der Waals surface area contributed by atoms with Crippen molar-refractivity contribution in [3.05, 3.63) is 95.7 Å². The van der Waals surface area contributed by atoms with E-state index in [-0.39, 0.29) is 17.6 Å². The van der Waals surface area contributed by atoms with Crippen molar-refractivity contribution in [2.24, 2.45) is 0 Å². The number of hydrogen-bond acceptors (Lipinski definition) is 2. The first-order chi connectivity index (χ1) is 13.1. The van der Waals surface area contributed by atoms with Crippen molar-refractivity contribution in [2.45, 2.75) is 32.2 Å². The maximum absolute atomic E-state index is 13.1. The molecule has 27 heavy (non-hydrogen) atoms. The summed E-state index contributed by atoms with van der Waals surface area (Å²) in [7, 11) is 0. The lowest BCUT2D eigenvalue weighted by Crippen LogP contribution is -2.30. The molecule has 3 aromatic rings. The van der Waals surface area contributed by atoms with Crippen LogP contribution in [-0.2, 0) is 17.8 Å². The van der Waals surface area contributed by atoms with E-state index in [1.807, 2.05) is 30.3 Å². The molecule has 1 aromatic heterocycles. The van der Waals surface area contributed by atoms with Crippen LogP contribution in [-0.4, -0.2) is 17.4 Å². The lowest BCUT2D eigenvalue weighted by atomic mass is 9.93. The molecule has 0 fully saturated rings. The summed E-state index contributed by atoms with van der Waals surface area (Å²) < 4.78 is 18.8. The molecule has 1 heterocycles. The van der Waals surface area contributed by atoms with Crippen LogP contribution in [0, 0.1) is 5.82 Å². The Balaban J connectivity index is 1.68. The first-order valence-corrected chi connectivity index (χ1v) is 9.19. The Hall–Kier alpha value is -2.88. The average Bonchev–Trinajstić information content (AvgIpc) is 3.21. The van der Waals surface area contributed by atoms with Crippen molar-refractivity contribution in [3.8, 4) is 0 Å². The predicted octanol–water partition coefficient (Wildman–Crippen LogP) is 5.18. The molecule has 3 rings (SSSR count). The molecule has 0 radical (unpaired) electrons. The zero-order chi connectivity index (χ0) is 19.1. The second-order valence-electron chi connectivity index (χ2n) is 6.76. The van der Waals surface area contributed by atoms with Gasteiger partial charge >= 0.3 is 0 Å². The molecule has 140 valence electrons. The van der Waals surface area contributed by atoms with Gasteiger partial charge in [-0.3, -0.25) is 4.79 Å². The van der Waals surface area contributed by atoms with Crippen molar-refractivity contribution < 1.29 is 13.6 Å². The third-order valence-electron chi connectivity index (χ3n) is 4.75. The van der Waals surface area contributed by atoms with E-state index in [9.17, 15) is 9.18 Å². The summed E-state index contributed by atoms with van der Waals surface area (Å²) in [5.41, 5.74) is 2.16. The minimum atomic E-state index is -0.270. The van der Waals surface area contributed by atoms with E-state index in [2.05, 4.69) is 12.1 Å². The maximum atomic E-state index is 13.1. The Morgan fingerprint density at radius 2 is 1.74 bits per heavy atom. The summed E-state index contributed by atoms with van der Waals surface area (Å²) in [4.78, 5) is 13.9. The highest BCUT2D eigenvalue weighted by atomic mass is 19.1. The Kier molecular flexibility index (Phi) is 6.42. The van der Waals surface area contributed by atoms with Crippen LogP contribution < -0.4 is 0 Å². The molecule has 0 aliphatic rings.